The SMILES string of the molecule is Cl.Cl.[Al].c1ccc2c(c1)CCO2. The summed E-state index contributed by atoms with van der Waals surface area (Å²) in [4.78, 5) is 0. The Balaban J connectivity index is 0. The van der Waals surface area contributed by atoms with E-state index in [1.165, 1.54) is 5.56 Å². The Kier molecular flexibility index (Phi) is 8.09. The van der Waals surface area contributed by atoms with E-state index in [-0.39, 0.29) is 42.2 Å². The minimum absolute atomic E-state index is 0. The van der Waals surface area contributed by atoms with E-state index in [1.54, 1.807) is 0 Å². The van der Waals surface area contributed by atoms with E-state index in [1.807, 2.05) is 18.2 Å². The van der Waals surface area contributed by atoms with Gasteiger partial charge in [0.2, 0.25) is 0 Å². The third kappa shape index (κ3) is 2.88. The molecule has 0 aliphatic carbocycles. The first kappa shape index (κ1) is 14.6. The zero-order chi connectivity index (χ0) is 6.10. The fraction of sp³-hybridized carbons (Fsp3) is 0.250. The van der Waals surface area contributed by atoms with E-state index in [4.69, 9.17) is 4.74 Å². The fourth-order valence-corrected chi connectivity index (χ4v) is 1.12. The molecule has 0 saturated carbocycles. The summed E-state index contributed by atoms with van der Waals surface area (Å²) in [5.74, 6) is 1.07. The Morgan fingerprint density at radius 2 is 1.75 bits per heavy atom. The van der Waals surface area contributed by atoms with Gasteiger partial charge in [0.25, 0.3) is 0 Å². The number of fused-ring (bicyclic) bond motifs is 1. The highest BCUT2D eigenvalue weighted by atomic mass is 35.5. The lowest BCUT2D eigenvalue weighted by Gasteiger charge is -1.93. The van der Waals surface area contributed by atoms with Crippen molar-refractivity contribution >= 4 is 42.2 Å². The highest BCUT2D eigenvalue weighted by molar-refractivity contribution is 5.85. The second kappa shape index (κ2) is 6.63. The van der Waals surface area contributed by atoms with Crippen molar-refractivity contribution in [1.82, 2.24) is 0 Å². The summed E-state index contributed by atoms with van der Waals surface area (Å²) in [5.41, 5.74) is 1.34. The molecule has 1 nitrogen and oxygen atoms in total. The molecule has 1 aromatic rings. The molecule has 0 saturated heterocycles. The first-order valence-electron chi connectivity index (χ1n) is 3.17. The van der Waals surface area contributed by atoms with Crippen molar-refractivity contribution < 1.29 is 4.74 Å². The van der Waals surface area contributed by atoms with Gasteiger partial charge < -0.3 is 4.74 Å². The quantitative estimate of drug-likeness (QED) is 0.608. The summed E-state index contributed by atoms with van der Waals surface area (Å²) in [7, 11) is 0. The number of rotatable bonds is 0. The molecule has 0 amide bonds. The van der Waals surface area contributed by atoms with E-state index < -0.39 is 0 Å². The smallest absolute Gasteiger partial charge is 0.122 e. The van der Waals surface area contributed by atoms with Gasteiger partial charge in [0.1, 0.15) is 5.75 Å². The summed E-state index contributed by atoms with van der Waals surface area (Å²) in [6.07, 6.45) is 1.08. The Morgan fingerprint density at radius 1 is 1.08 bits per heavy atom. The second-order valence-electron chi connectivity index (χ2n) is 2.21. The van der Waals surface area contributed by atoms with Gasteiger partial charge in [-0.15, -0.1) is 24.8 Å². The van der Waals surface area contributed by atoms with E-state index in [9.17, 15) is 0 Å². The van der Waals surface area contributed by atoms with E-state index in [0.29, 0.717) is 0 Å². The molecule has 0 unspecified atom stereocenters. The zero-order valence-electron chi connectivity index (χ0n) is 6.53. The predicted octanol–water partition coefficient (Wildman–Crippen LogP) is 2.08. The second-order valence-corrected chi connectivity index (χ2v) is 2.21. The molecule has 3 radical (unpaired) electrons. The first-order chi connectivity index (χ1) is 4.47. The van der Waals surface area contributed by atoms with Crippen molar-refractivity contribution in [2.45, 2.75) is 6.42 Å². The van der Waals surface area contributed by atoms with E-state index in [0.717, 1.165) is 18.8 Å². The van der Waals surface area contributed by atoms with Crippen LogP contribution < -0.4 is 4.74 Å². The average Bonchev–Trinajstić information content (AvgIpc) is 2.33. The molecule has 12 heavy (non-hydrogen) atoms. The van der Waals surface area contributed by atoms with Crippen LogP contribution in [-0.2, 0) is 6.42 Å². The standard InChI is InChI=1S/C8H8O.Al.2ClH/c1-2-4-8-7(3-1)5-6-9-8;;;/h1-4H,5-6H2;;2*1H. The van der Waals surface area contributed by atoms with Gasteiger partial charge in [-0.3, -0.25) is 0 Å². The molecule has 0 spiro atoms. The largest absolute Gasteiger partial charge is 0.493 e. The maximum absolute atomic E-state index is 5.30. The molecule has 0 bridgehead atoms. The van der Waals surface area contributed by atoms with Crippen LogP contribution in [-0.4, -0.2) is 24.0 Å². The van der Waals surface area contributed by atoms with Crippen LogP contribution >= 0.6 is 24.8 Å². The Labute approximate surface area is 95.4 Å². The third-order valence-electron chi connectivity index (χ3n) is 1.60. The van der Waals surface area contributed by atoms with Crippen molar-refractivity contribution in [3.8, 4) is 5.75 Å². The normalized spacial score (nSPS) is 11.0. The van der Waals surface area contributed by atoms with E-state index in [2.05, 4.69) is 6.07 Å². The first-order valence-corrected chi connectivity index (χ1v) is 3.17. The molecule has 1 aromatic carbocycles. The number of ether oxygens (including phenoxy) is 1. The van der Waals surface area contributed by atoms with Crippen molar-refractivity contribution in [2.75, 3.05) is 6.61 Å². The van der Waals surface area contributed by atoms with Crippen LogP contribution in [0.1, 0.15) is 5.56 Å². The topological polar surface area (TPSA) is 9.23 Å². The molecule has 1 aliphatic heterocycles. The molecular formula is C8H10AlCl2O. The van der Waals surface area contributed by atoms with Crippen molar-refractivity contribution in [1.29, 1.82) is 0 Å². The lowest BCUT2D eigenvalue weighted by Crippen LogP contribution is -1.85. The third-order valence-corrected chi connectivity index (χ3v) is 1.60. The van der Waals surface area contributed by atoms with Crippen LogP contribution in [0.25, 0.3) is 0 Å². The Bertz CT molecular complexity index is 207. The average molecular weight is 220 g/mol. The molecule has 0 fully saturated rings. The number of para-hydroxylation sites is 1. The summed E-state index contributed by atoms with van der Waals surface area (Å²) in [6, 6.07) is 8.18. The maximum Gasteiger partial charge on any atom is 0.122 e. The zero-order valence-corrected chi connectivity index (χ0v) is 9.31. The molecule has 2 rings (SSSR count). The summed E-state index contributed by atoms with van der Waals surface area (Å²) in [5, 5.41) is 0. The lowest BCUT2D eigenvalue weighted by molar-refractivity contribution is 0.357. The van der Waals surface area contributed by atoms with Gasteiger partial charge in [0.05, 0.1) is 6.61 Å². The molecule has 0 N–H and O–H groups in total. The van der Waals surface area contributed by atoms with Crippen LogP contribution in [0, 0.1) is 0 Å². The highest BCUT2D eigenvalue weighted by Crippen LogP contribution is 2.23. The minimum Gasteiger partial charge on any atom is -0.493 e. The molecule has 1 heterocycles. The predicted molar refractivity (Wildman–Crippen MR) is 55.9 cm³/mol. The molecular weight excluding hydrogens is 210 g/mol. The number of hydrogen-bond donors (Lipinski definition) is 0. The number of benzene rings is 1. The van der Waals surface area contributed by atoms with Crippen molar-refractivity contribution in [3.05, 3.63) is 29.8 Å². The van der Waals surface area contributed by atoms with Gasteiger partial charge in [-0.1, -0.05) is 18.2 Å². The van der Waals surface area contributed by atoms with Gasteiger partial charge in [-0.2, -0.15) is 0 Å². The van der Waals surface area contributed by atoms with Gasteiger partial charge in [0.15, 0.2) is 0 Å². The highest BCUT2D eigenvalue weighted by Gasteiger charge is 2.08. The lowest BCUT2D eigenvalue weighted by atomic mass is 10.2. The van der Waals surface area contributed by atoms with Crippen molar-refractivity contribution in [2.24, 2.45) is 0 Å². The Hall–Kier alpha value is 0.132. The van der Waals surface area contributed by atoms with Crippen LogP contribution in [0.5, 0.6) is 5.75 Å². The van der Waals surface area contributed by atoms with Crippen LogP contribution in [0.15, 0.2) is 24.3 Å². The molecule has 0 aromatic heterocycles. The summed E-state index contributed by atoms with van der Waals surface area (Å²) >= 11 is 0. The number of halogens is 2. The maximum atomic E-state index is 5.30. The van der Waals surface area contributed by atoms with E-state index >= 15 is 0 Å². The van der Waals surface area contributed by atoms with Gasteiger partial charge >= 0.3 is 0 Å². The van der Waals surface area contributed by atoms with Gasteiger partial charge in [-0.05, 0) is 11.6 Å². The van der Waals surface area contributed by atoms with Crippen LogP contribution in [0.3, 0.4) is 0 Å². The molecule has 4 heteroatoms. The van der Waals surface area contributed by atoms with Crippen molar-refractivity contribution in [3.63, 3.8) is 0 Å². The minimum atomic E-state index is 0. The monoisotopic (exact) mass is 219 g/mol. The summed E-state index contributed by atoms with van der Waals surface area (Å²) < 4.78 is 5.30. The Morgan fingerprint density at radius 3 is 2.42 bits per heavy atom. The van der Waals surface area contributed by atoms with Crippen LogP contribution in [0.4, 0.5) is 0 Å². The van der Waals surface area contributed by atoms with Gasteiger partial charge in [-0.25, -0.2) is 0 Å². The fourth-order valence-electron chi connectivity index (χ4n) is 1.12. The molecule has 65 valence electrons. The van der Waals surface area contributed by atoms with Crippen LogP contribution in [0.2, 0.25) is 0 Å². The molecule has 0 atom stereocenters. The van der Waals surface area contributed by atoms with Gasteiger partial charge in [0, 0.05) is 23.8 Å². The summed E-state index contributed by atoms with van der Waals surface area (Å²) in [6.45, 7) is 0.860. The number of hydrogen-bond acceptors (Lipinski definition) is 1. The molecule has 1 aliphatic rings.